The van der Waals surface area contributed by atoms with Gasteiger partial charge in [-0.3, -0.25) is 15.1 Å². The van der Waals surface area contributed by atoms with Gasteiger partial charge in [-0.15, -0.1) is 0 Å². The molecule has 0 aromatic carbocycles. The Morgan fingerprint density at radius 1 is 1.28 bits per heavy atom. The number of imidazole rings is 1. The summed E-state index contributed by atoms with van der Waals surface area (Å²) in [6.07, 6.45) is 9.66. The van der Waals surface area contributed by atoms with E-state index >= 15 is 0 Å². The number of aryl methyl sites for hydroxylation is 1. The number of anilines is 1. The summed E-state index contributed by atoms with van der Waals surface area (Å²) in [5, 5.41) is 2.89. The Kier molecular flexibility index (Phi) is 4.03. The summed E-state index contributed by atoms with van der Waals surface area (Å²) in [5.41, 5.74) is 4.52. The largest absolute Gasteiger partial charge is 0.345 e. The lowest BCUT2D eigenvalue weighted by atomic mass is 9.95. The van der Waals surface area contributed by atoms with Crippen molar-refractivity contribution in [2.75, 3.05) is 5.32 Å². The van der Waals surface area contributed by atoms with E-state index in [1.54, 1.807) is 12.4 Å². The molecule has 6 nitrogen and oxygen atoms in total. The molecule has 0 bridgehead atoms. The summed E-state index contributed by atoms with van der Waals surface area (Å²) in [4.78, 5) is 24.3. The molecular formula is C19H23N5O. The Labute approximate surface area is 146 Å². The molecule has 0 atom stereocenters. The lowest BCUT2D eigenvalue weighted by Gasteiger charge is -2.26. The van der Waals surface area contributed by atoms with Crippen LogP contribution in [0.25, 0.3) is 11.0 Å². The zero-order chi connectivity index (χ0) is 17.4. The van der Waals surface area contributed by atoms with Gasteiger partial charge < -0.3 is 9.55 Å². The molecule has 6 heteroatoms. The highest BCUT2D eigenvalue weighted by Gasteiger charge is 2.23. The number of nitrogens with one attached hydrogen (secondary N) is 2. The van der Waals surface area contributed by atoms with E-state index in [0.717, 1.165) is 28.0 Å². The highest BCUT2D eigenvalue weighted by molar-refractivity contribution is 6.05. The van der Waals surface area contributed by atoms with Crippen molar-refractivity contribution < 1.29 is 4.79 Å². The van der Waals surface area contributed by atoms with Gasteiger partial charge in [-0.25, -0.2) is 4.98 Å². The minimum Gasteiger partial charge on any atom is -0.345 e. The van der Waals surface area contributed by atoms with Crippen molar-refractivity contribution in [2.45, 2.75) is 52.0 Å². The van der Waals surface area contributed by atoms with E-state index in [1.807, 2.05) is 19.1 Å². The number of fused-ring (bicyclic) bond motifs is 1. The van der Waals surface area contributed by atoms with Crippen molar-refractivity contribution in [3.8, 4) is 0 Å². The number of nitrogens with zero attached hydrogens (tertiary/aromatic N) is 3. The summed E-state index contributed by atoms with van der Waals surface area (Å²) in [6, 6.07) is 4.33. The first-order chi connectivity index (χ1) is 12.1. The molecule has 0 spiro atoms. The van der Waals surface area contributed by atoms with Gasteiger partial charge in [0.25, 0.3) is 5.91 Å². The normalized spacial score (nSPS) is 15.6. The number of aromatic amines is 1. The third-order valence-corrected chi connectivity index (χ3v) is 5.18. The van der Waals surface area contributed by atoms with Gasteiger partial charge in [0.15, 0.2) is 0 Å². The Hall–Kier alpha value is -2.63. The Bertz CT molecular complexity index is 884. The first-order valence-corrected chi connectivity index (χ1v) is 8.93. The van der Waals surface area contributed by atoms with Gasteiger partial charge in [0.2, 0.25) is 5.95 Å². The van der Waals surface area contributed by atoms with E-state index in [1.165, 1.54) is 32.1 Å². The second-order valence-electron chi connectivity index (χ2n) is 6.88. The number of carbonyl (C=O) groups excluding carboxylic acids is 1. The average Bonchev–Trinajstić information content (AvgIpc) is 3.15. The molecule has 3 aromatic heterocycles. The van der Waals surface area contributed by atoms with Crippen LogP contribution in [0.3, 0.4) is 0 Å². The number of H-pyrrole nitrogens is 1. The van der Waals surface area contributed by atoms with Gasteiger partial charge in [-0.05, 0) is 38.8 Å². The Balaban J connectivity index is 1.59. The standard InChI is InChI=1S/C19H23N5O/c1-12-10-15(13(2)24(12)14-6-4-3-5-7-14)18(25)23-19-21-16-8-9-20-11-17(16)22-19/h8-11,14H,3-7H2,1-2H3,(H2,21,22,23,25). The highest BCUT2D eigenvalue weighted by Crippen LogP contribution is 2.32. The average molecular weight is 337 g/mol. The number of hydrogen-bond acceptors (Lipinski definition) is 3. The molecule has 1 amide bonds. The maximum atomic E-state index is 12.8. The van der Waals surface area contributed by atoms with Gasteiger partial charge >= 0.3 is 0 Å². The van der Waals surface area contributed by atoms with Crippen LogP contribution >= 0.6 is 0 Å². The quantitative estimate of drug-likeness (QED) is 0.754. The third kappa shape index (κ3) is 2.92. The highest BCUT2D eigenvalue weighted by atomic mass is 16.1. The Morgan fingerprint density at radius 2 is 2.08 bits per heavy atom. The number of aromatic nitrogens is 4. The van der Waals surface area contributed by atoms with E-state index in [0.29, 0.717) is 12.0 Å². The fourth-order valence-corrected chi connectivity index (χ4v) is 4.00. The minimum atomic E-state index is -0.123. The topological polar surface area (TPSA) is 75.6 Å². The predicted octanol–water partition coefficient (Wildman–Crippen LogP) is 4.13. The SMILES string of the molecule is Cc1cc(C(=O)Nc2nc3ccncc3[nH]2)c(C)n1C1CCCCC1. The van der Waals surface area contributed by atoms with Crippen molar-refractivity contribution in [2.24, 2.45) is 0 Å². The fraction of sp³-hybridized carbons (Fsp3) is 0.421. The molecule has 4 rings (SSSR count). The molecule has 3 aromatic rings. The van der Waals surface area contributed by atoms with E-state index < -0.39 is 0 Å². The smallest absolute Gasteiger partial charge is 0.259 e. The molecule has 130 valence electrons. The molecule has 1 fully saturated rings. The lowest BCUT2D eigenvalue weighted by molar-refractivity contribution is 0.102. The van der Waals surface area contributed by atoms with Crippen LogP contribution < -0.4 is 5.32 Å². The maximum absolute atomic E-state index is 12.8. The van der Waals surface area contributed by atoms with E-state index in [4.69, 9.17) is 0 Å². The molecule has 1 aliphatic rings. The lowest BCUT2D eigenvalue weighted by Crippen LogP contribution is -2.17. The number of amides is 1. The molecule has 0 radical (unpaired) electrons. The van der Waals surface area contributed by atoms with Crippen molar-refractivity contribution in [1.82, 2.24) is 19.5 Å². The summed E-state index contributed by atoms with van der Waals surface area (Å²) in [6.45, 7) is 4.13. The molecule has 0 saturated heterocycles. The van der Waals surface area contributed by atoms with Crippen LogP contribution in [-0.2, 0) is 0 Å². The molecule has 1 aliphatic carbocycles. The van der Waals surface area contributed by atoms with Crippen LogP contribution in [0.15, 0.2) is 24.5 Å². The Morgan fingerprint density at radius 3 is 2.84 bits per heavy atom. The maximum Gasteiger partial charge on any atom is 0.259 e. The second-order valence-corrected chi connectivity index (χ2v) is 6.88. The first-order valence-electron chi connectivity index (χ1n) is 8.93. The third-order valence-electron chi connectivity index (χ3n) is 5.18. The summed E-state index contributed by atoms with van der Waals surface area (Å²) in [5.74, 6) is 0.331. The van der Waals surface area contributed by atoms with Gasteiger partial charge in [-0.1, -0.05) is 19.3 Å². The van der Waals surface area contributed by atoms with Crippen LogP contribution in [0.1, 0.15) is 59.9 Å². The number of carbonyl (C=O) groups is 1. The van der Waals surface area contributed by atoms with Crippen LogP contribution in [0.5, 0.6) is 0 Å². The van der Waals surface area contributed by atoms with E-state index in [2.05, 4.69) is 31.8 Å². The van der Waals surface area contributed by atoms with Crippen LogP contribution in [0.2, 0.25) is 0 Å². The number of hydrogen-bond donors (Lipinski definition) is 2. The molecule has 25 heavy (non-hydrogen) atoms. The minimum absolute atomic E-state index is 0.123. The molecule has 1 saturated carbocycles. The molecule has 3 heterocycles. The summed E-state index contributed by atoms with van der Waals surface area (Å²) < 4.78 is 2.34. The molecular weight excluding hydrogens is 314 g/mol. The fourth-order valence-electron chi connectivity index (χ4n) is 4.00. The zero-order valence-corrected chi connectivity index (χ0v) is 14.7. The van der Waals surface area contributed by atoms with Gasteiger partial charge in [0.05, 0.1) is 22.8 Å². The van der Waals surface area contributed by atoms with Crippen molar-refractivity contribution in [3.63, 3.8) is 0 Å². The van der Waals surface area contributed by atoms with Gasteiger partial charge in [-0.2, -0.15) is 0 Å². The van der Waals surface area contributed by atoms with Crippen LogP contribution in [0.4, 0.5) is 5.95 Å². The number of pyridine rings is 1. The second kappa shape index (κ2) is 6.35. The van der Waals surface area contributed by atoms with E-state index in [9.17, 15) is 4.79 Å². The van der Waals surface area contributed by atoms with E-state index in [-0.39, 0.29) is 5.91 Å². The van der Waals surface area contributed by atoms with Crippen molar-refractivity contribution in [3.05, 3.63) is 41.5 Å². The summed E-state index contributed by atoms with van der Waals surface area (Å²) in [7, 11) is 0. The summed E-state index contributed by atoms with van der Waals surface area (Å²) >= 11 is 0. The monoisotopic (exact) mass is 337 g/mol. The molecule has 0 unspecified atom stereocenters. The van der Waals surface area contributed by atoms with Gasteiger partial charge in [0, 0.05) is 23.6 Å². The predicted molar refractivity (Wildman–Crippen MR) is 97.9 cm³/mol. The van der Waals surface area contributed by atoms with Crippen molar-refractivity contribution >= 4 is 22.9 Å². The zero-order valence-electron chi connectivity index (χ0n) is 14.7. The first kappa shape index (κ1) is 15.9. The van der Waals surface area contributed by atoms with Crippen molar-refractivity contribution in [1.29, 1.82) is 0 Å². The van der Waals surface area contributed by atoms with Crippen LogP contribution in [-0.4, -0.2) is 25.4 Å². The van der Waals surface area contributed by atoms with Gasteiger partial charge in [0.1, 0.15) is 0 Å². The molecule has 2 N–H and O–H groups in total. The molecule has 0 aliphatic heterocycles. The van der Waals surface area contributed by atoms with Crippen LogP contribution in [0, 0.1) is 13.8 Å². The number of rotatable bonds is 3.